The number of benzene rings is 4. The molecule has 4 aromatic carbocycles. The highest BCUT2D eigenvalue weighted by Gasteiger charge is 2.57. The highest BCUT2D eigenvalue weighted by atomic mass is 15.4. The molecule has 3 heteroatoms. The van der Waals surface area contributed by atoms with Gasteiger partial charge < -0.3 is 0 Å². The monoisotopic (exact) mass is 582 g/mol. The number of nitrogens with zero attached hydrogens (tertiary/aromatic N) is 3. The van der Waals surface area contributed by atoms with Crippen LogP contribution in [0.5, 0.6) is 0 Å². The van der Waals surface area contributed by atoms with Crippen molar-refractivity contribution in [3.05, 3.63) is 114 Å². The van der Waals surface area contributed by atoms with Crippen molar-refractivity contribution in [1.82, 2.24) is 9.78 Å². The Morgan fingerprint density at radius 2 is 1.36 bits per heavy atom. The molecule has 5 aromatic rings. The first kappa shape index (κ1) is 30.1. The molecular weight excluding hydrogens is 534 g/mol. The minimum atomic E-state index is -0.227. The first-order valence-corrected chi connectivity index (χ1v) is 16.4. The second kappa shape index (κ2) is 10.9. The predicted octanol–water partition coefficient (Wildman–Crippen LogP) is 10.4. The third kappa shape index (κ3) is 4.55. The highest BCUT2D eigenvalue weighted by molar-refractivity contribution is 5.80. The van der Waals surface area contributed by atoms with Gasteiger partial charge >= 0.3 is 5.82 Å². The Balaban J connectivity index is 1.80. The number of hydrogen-bond donors (Lipinski definition) is 0. The van der Waals surface area contributed by atoms with Gasteiger partial charge in [-0.1, -0.05) is 133 Å². The van der Waals surface area contributed by atoms with E-state index >= 15 is 0 Å². The van der Waals surface area contributed by atoms with Gasteiger partial charge in [-0.2, -0.15) is 4.57 Å². The molecule has 0 spiro atoms. The SMILES string of the molecule is CCC1(C)c2ccccc2-c2n(nc(-c3ccccc3-c3ccccc3)[n+]2-c2cc(C(C)C)cc(C(C)(C)C)c2)C1(C)CC. The van der Waals surface area contributed by atoms with Crippen molar-refractivity contribution in [2.45, 2.75) is 97.4 Å². The van der Waals surface area contributed by atoms with Gasteiger partial charge in [-0.15, -0.1) is 0 Å². The lowest BCUT2D eigenvalue weighted by Crippen LogP contribution is -2.53. The Labute approximate surface area is 264 Å². The first-order valence-electron chi connectivity index (χ1n) is 16.4. The van der Waals surface area contributed by atoms with Crippen LogP contribution in [0.4, 0.5) is 0 Å². The summed E-state index contributed by atoms with van der Waals surface area (Å²) in [5.41, 5.74) is 9.77. The van der Waals surface area contributed by atoms with E-state index in [0.717, 1.165) is 30.1 Å². The summed E-state index contributed by atoms with van der Waals surface area (Å²) in [6.45, 7) is 21.1. The Morgan fingerprint density at radius 3 is 1.98 bits per heavy atom. The maximum absolute atomic E-state index is 5.70. The van der Waals surface area contributed by atoms with E-state index in [1.807, 2.05) is 0 Å². The number of hydrogen-bond acceptors (Lipinski definition) is 1. The standard InChI is InChI=1S/C41H48N3/c1-10-40(8)36-24-18-17-23-35(36)38-43(32-26-30(28(3)4)25-31(27-32)39(5,6)7)37(42-44(38)41(40,9)11-2)34-22-16-15-21-33(34)29-19-13-12-14-20-29/h12-28H,10-11H2,1-9H3/q+1. The van der Waals surface area contributed by atoms with E-state index < -0.39 is 0 Å². The van der Waals surface area contributed by atoms with Crippen molar-refractivity contribution in [2.75, 3.05) is 0 Å². The molecule has 1 aromatic heterocycles. The Morgan fingerprint density at radius 1 is 0.750 bits per heavy atom. The zero-order chi connectivity index (χ0) is 31.4. The fraction of sp³-hybridized carbons (Fsp3) is 0.366. The number of aromatic nitrogens is 3. The molecule has 2 heterocycles. The van der Waals surface area contributed by atoms with E-state index in [2.05, 4.69) is 169 Å². The van der Waals surface area contributed by atoms with Gasteiger partial charge in [-0.25, -0.2) is 0 Å². The van der Waals surface area contributed by atoms with Gasteiger partial charge in [0, 0.05) is 10.5 Å². The topological polar surface area (TPSA) is 21.7 Å². The molecule has 0 amide bonds. The Kier molecular flexibility index (Phi) is 7.43. The van der Waals surface area contributed by atoms with E-state index in [9.17, 15) is 0 Å². The molecule has 0 bridgehead atoms. The third-order valence-electron chi connectivity index (χ3n) is 10.6. The molecule has 1 aliphatic heterocycles. The molecule has 0 aliphatic carbocycles. The largest absolute Gasteiger partial charge is 0.314 e. The molecule has 6 rings (SSSR count). The van der Waals surface area contributed by atoms with Crippen LogP contribution in [0.2, 0.25) is 0 Å². The van der Waals surface area contributed by atoms with E-state index in [1.165, 1.54) is 39.1 Å². The lowest BCUT2D eigenvalue weighted by Gasteiger charge is -2.46. The quantitative estimate of drug-likeness (QED) is 0.183. The fourth-order valence-electron chi connectivity index (χ4n) is 7.25. The molecule has 226 valence electrons. The van der Waals surface area contributed by atoms with Gasteiger partial charge in [0.2, 0.25) is 0 Å². The zero-order valence-corrected chi connectivity index (χ0v) is 28.1. The van der Waals surface area contributed by atoms with Crippen molar-refractivity contribution < 1.29 is 4.57 Å². The van der Waals surface area contributed by atoms with E-state index in [-0.39, 0.29) is 16.4 Å². The summed E-state index contributed by atoms with van der Waals surface area (Å²) in [7, 11) is 0. The summed E-state index contributed by atoms with van der Waals surface area (Å²) >= 11 is 0. The van der Waals surface area contributed by atoms with Crippen LogP contribution in [-0.2, 0) is 16.4 Å². The maximum Gasteiger partial charge on any atom is 0.314 e. The summed E-state index contributed by atoms with van der Waals surface area (Å²) in [5, 5.41) is 5.70. The lowest BCUT2D eigenvalue weighted by molar-refractivity contribution is -0.573. The maximum atomic E-state index is 5.70. The molecule has 0 N–H and O–H groups in total. The number of fused-ring (bicyclic) bond motifs is 3. The minimum absolute atomic E-state index is 0.00612. The van der Waals surface area contributed by atoms with Gasteiger partial charge in [-0.3, -0.25) is 0 Å². The molecular formula is C41H48N3+. The minimum Gasteiger partial charge on any atom is -0.190 e. The van der Waals surface area contributed by atoms with E-state index in [0.29, 0.717) is 5.92 Å². The lowest BCUT2D eigenvalue weighted by atomic mass is 9.61. The van der Waals surface area contributed by atoms with Crippen molar-refractivity contribution in [2.24, 2.45) is 0 Å². The van der Waals surface area contributed by atoms with Crippen LogP contribution in [-0.4, -0.2) is 9.78 Å². The van der Waals surface area contributed by atoms with Crippen molar-refractivity contribution in [3.8, 4) is 39.6 Å². The average Bonchev–Trinajstić information content (AvgIpc) is 3.44. The smallest absolute Gasteiger partial charge is 0.190 e. The summed E-state index contributed by atoms with van der Waals surface area (Å²) in [6.07, 6.45) is 2.00. The number of rotatable bonds is 6. The average molecular weight is 583 g/mol. The van der Waals surface area contributed by atoms with Gasteiger partial charge in [0.25, 0.3) is 5.82 Å². The van der Waals surface area contributed by atoms with Gasteiger partial charge in [0.15, 0.2) is 0 Å². The summed E-state index contributed by atoms with van der Waals surface area (Å²) in [4.78, 5) is 0. The van der Waals surface area contributed by atoms with Crippen molar-refractivity contribution >= 4 is 0 Å². The van der Waals surface area contributed by atoms with Gasteiger partial charge in [0.05, 0.1) is 11.1 Å². The molecule has 0 fully saturated rings. The zero-order valence-electron chi connectivity index (χ0n) is 28.1. The van der Waals surface area contributed by atoms with Crippen LogP contribution >= 0.6 is 0 Å². The molecule has 2 unspecified atom stereocenters. The van der Waals surface area contributed by atoms with Crippen molar-refractivity contribution in [1.29, 1.82) is 0 Å². The fourth-order valence-corrected chi connectivity index (χ4v) is 7.25. The van der Waals surface area contributed by atoms with Crippen LogP contribution in [0.15, 0.2) is 97.1 Å². The molecule has 2 atom stereocenters. The summed E-state index contributed by atoms with van der Waals surface area (Å²) in [5.74, 6) is 2.55. The van der Waals surface area contributed by atoms with Gasteiger partial charge in [-0.05, 0) is 83.2 Å². The van der Waals surface area contributed by atoms with Crippen molar-refractivity contribution in [3.63, 3.8) is 0 Å². The molecule has 0 radical (unpaired) electrons. The van der Waals surface area contributed by atoms with Crippen LogP contribution in [0.3, 0.4) is 0 Å². The normalized spacial score (nSPS) is 19.6. The summed E-state index contributed by atoms with van der Waals surface area (Å²) < 4.78 is 4.87. The Hall–Kier alpha value is -3.98. The predicted molar refractivity (Wildman–Crippen MR) is 184 cm³/mol. The first-order chi connectivity index (χ1) is 20.9. The van der Waals surface area contributed by atoms with Crippen LogP contribution < -0.4 is 4.57 Å². The highest BCUT2D eigenvalue weighted by Crippen LogP contribution is 2.53. The van der Waals surface area contributed by atoms with Crippen LogP contribution in [0, 0.1) is 0 Å². The molecule has 1 aliphatic rings. The summed E-state index contributed by atoms with van der Waals surface area (Å²) in [6, 6.07) is 35.8. The second-order valence-electron chi connectivity index (χ2n) is 14.4. The Bertz CT molecular complexity index is 1820. The second-order valence-corrected chi connectivity index (χ2v) is 14.4. The van der Waals surface area contributed by atoms with Crippen LogP contribution in [0.1, 0.15) is 97.8 Å². The molecule has 0 saturated carbocycles. The van der Waals surface area contributed by atoms with E-state index in [1.54, 1.807) is 0 Å². The molecule has 44 heavy (non-hydrogen) atoms. The van der Waals surface area contributed by atoms with Gasteiger partial charge in [0.1, 0.15) is 11.2 Å². The van der Waals surface area contributed by atoms with Crippen LogP contribution in [0.25, 0.3) is 39.6 Å². The molecule has 3 nitrogen and oxygen atoms in total. The van der Waals surface area contributed by atoms with E-state index in [4.69, 9.17) is 5.10 Å². The molecule has 0 saturated heterocycles. The third-order valence-corrected chi connectivity index (χ3v) is 10.6.